The SMILES string of the molecule is O=C1Nc2ccc(F)cc2[C@@]1(O)CCO. The van der Waals surface area contributed by atoms with Gasteiger partial charge in [-0.25, -0.2) is 4.39 Å². The highest BCUT2D eigenvalue weighted by Gasteiger charge is 2.44. The fraction of sp³-hybridized carbons (Fsp3) is 0.300. The maximum absolute atomic E-state index is 13.0. The zero-order valence-electron chi connectivity index (χ0n) is 7.83. The third-order valence-electron chi connectivity index (χ3n) is 2.52. The summed E-state index contributed by atoms with van der Waals surface area (Å²) in [5.41, 5.74) is -1.24. The van der Waals surface area contributed by atoms with Gasteiger partial charge in [-0.3, -0.25) is 4.79 Å². The minimum Gasteiger partial charge on any atom is -0.396 e. The zero-order valence-corrected chi connectivity index (χ0v) is 7.83. The van der Waals surface area contributed by atoms with Crippen LogP contribution in [0.15, 0.2) is 18.2 Å². The van der Waals surface area contributed by atoms with Gasteiger partial charge in [0, 0.05) is 24.3 Å². The van der Waals surface area contributed by atoms with Gasteiger partial charge in [-0.2, -0.15) is 0 Å². The zero-order chi connectivity index (χ0) is 11.1. The van der Waals surface area contributed by atoms with Crippen LogP contribution >= 0.6 is 0 Å². The highest BCUT2D eigenvalue weighted by Crippen LogP contribution is 2.38. The molecule has 0 saturated heterocycles. The molecule has 0 saturated carbocycles. The summed E-state index contributed by atoms with van der Waals surface area (Å²) in [6, 6.07) is 3.69. The van der Waals surface area contributed by atoms with Crippen LogP contribution in [-0.2, 0) is 10.4 Å². The molecule has 80 valence electrons. The highest BCUT2D eigenvalue weighted by atomic mass is 19.1. The maximum atomic E-state index is 13.0. The molecule has 1 aromatic carbocycles. The Morgan fingerprint density at radius 1 is 1.47 bits per heavy atom. The quantitative estimate of drug-likeness (QED) is 0.661. The van der Waals surface area contributed by atoms with E-state index in [1.54, 1.807) is 0 Å². The van der Waals surface area contributed by atoms with Crippen LogP contribution in [0.5, 0.6) is 0 Å². The number of aliphatic hydroxyl groups is 2. The van der Waals surface area contributed by atoms with Gasteiger partial charge in [0.2, 0.25) is 0 Å². The molecule has 0 radical (unpaired) electrons. The average Bonchev–Trinajstić information content (AvgIpc) is 2.42. The van der Waals surface area contributed by atoms with Crippen molar-refractivity contribution in [2.24, 2.45) is 0 Å². The highest BCUT2D eigenvalue weighted by molar-refractivity contribution is 6.04. The predicted octanol–water partition coefficient (Wildman–Crippen LogP) is 0.348. The average molecular weight is 211 g/mol. The number of hydrogen-bond donors (Lipinski definition) is 3. The first-order valence-electron chi connectivity index (χ1n) is 4.52. The van der Waals surface area contributed by atoms with Crippen LogP contribution < -0.4 is 5.32 Å². The van der Waals surface area contributed by atoms with E-state index in [0.29, 0.717) is 5.69 Å². The minimum absolute atomic E-state index is 0.144. The van der Waals surface area contributed by atoms with Gasteiger partial charge in [0.1, 0.15) is 5.82 Å². The van der Waals surface area contributed by atoms with Gasteiger partial charge in [0.05, 0.1) is 0 Å². The van der Waals surface area contributed by atoms with Crippen molar-refractivity contribution in [2.75, 3.05) is 11.9 Å². The third kappa shape index (κ3) is 1.40. The molecule has 0 aromatic heterocycles. The number of fused-ring (bicyclic) bond motifs is 1. The first kappa shape index (κ1) is 10.1. The lowest BCUT2D eigenvalue weighted by molar-refractivity contribution is -0.135. The first-order valence-corrected chi connectivity index (χ1v) is 4.52. The number of anilines is 1. The Bertz CT molecular complexity index is 421. The Hall–Kier alpha value is -1.46. The summed E-state index contributed by atoms with van der Waals surface area (Å²) in [7, 11) is 0. The van der Waals surface area contributed by atoms with Crippen molar-refractivity contribution in [2.45, 2.75) is 12.0 Å². The molecule has 5 heteroatoms. The van der Waals surface area contributed by atoms with Crippen LogP contribution in [-0.4, -0.2) is 22.7 Å². The normalized spacial score (nSPS) is 23.8. The molecular weight excluding hydrogens is 201 g/mol. The number of benzene rings is 1. The van der Waals surface area contributed by atoms with Gasteiger partial charge >= 0.3 is 0 Å². The van der Waals surface area contributed by atoms with E-state index in [1.165, 1.54) is 12.1 Å². The van der Waals surface area contributed by atoms with E-state index in [4.69, 9.17) is 5.11 Å². The largest absolute Gasteiger partial charge is 0.396 e. The number of nitrogens with one attached hydrogen (secondary N) is 1. The van der Waals surface area contributed by atoms with Crippen molar-refractivity contribution in [3.8, 4) is 0 Å². The Labute approximate surface area is 85.4 Å². The Kier molecular flexibility index (Phi) is 2.21. The standard InChI is InChI=1S/C10H10FNO3/c11-6-1-2-8-7(5-6)10(15,3-4-13)9(14)12-8/h1-2,5,13,15H,3-4H2,(H,12,14)/t10-/m0/s1. The number of carbonyl (C=O) groups excluding carboxylic acids is 1. The van der Waals surface area contributed by atoms with Crippen LogP contribution in [0.25, 0.3) is 0 Å². The van der Waals surface area contributed by atoms with Crippen molar-refractivity contribution >= 4 is 11.6 Å². The summed E-state index contributed by atoms with van der Waals surface area (Å²) in [5, 5.41) is 21.2. The second-order valence-corrected chi connectivity index (χ2v) is 3.48. The molecule has 2 rings (SSSR count). The predicted molar refractivity (Wildman–Crippen MR) is 50.6 cm³/mol. The molecule has 1 aliphatic heterocycles. The molecule has 4 nitrogen and oxygen atoms in total. The fourth-order valence-corrected chi connectivity index (χ4v) is 1.73. The summed E-state index contributed by atoms with van der Waals surface area (Å²) < 4.78 is 13.0. The van der Waals surface area contributed by atoms with Gasteiger partial charge in [0.15, 0.2) is 5.60 Å². The van der Waals surface area contributed by atoms with Crippen molar-refractivity contribution < 1.29 is 19.4 Å². The van der Waals surface area contributed by atoms with Crippen molar-refractivity contribution in [3.05, 3.63) is 29.6 Å². The molecule has 1 aromatic rings. The lowest BCUT2D eigenvalue weighted by Gasteiger charge is -2.19. The van der Waals surface area contributed by atoms with Gasteiger partial charge in [-0.1, -0.05) is 0 Å². The van der Waals surface area contributed by atoms with Gasteiger partial charge in [0.25, 0.3) is 5.91 Å². The fourth-order valence-electron chi connectivity index (χ4n) is 1.73. The second-order valence-electron chi connectivity index (χ2n) is 3.48. The van der Waals surface area contributed by atoms with Gasteiger partial charge < -0.3 is 15.5 Å². The number of hydrogen-bond acceptors (Lipinski definition) is 3. The van der Waals surface area contributed by atoms with E-state index >= 15 is 0 Å². The summed E-state index contributed by atoms with van der Waals surface area (Å²) in [5.74, 6) is -1.15. The van der Waals surface area contributed by atoms with E-state index in [1.807, 2.05) is 0 Å². The summed E-state index contributed by atoms with van der Waals surface area (Å²) >= 11 is 0. The molecule has 0 spiro atoms. The number of amides is 1. The Balaban J connectivity index is 2.52. The second kappa shape index (κ2) is 3.29. The van der Waals surface area contributed by atoms with Crippen LogP contribution in [0.2, 0.25) is 0 Å². The van der Waals surface area contributed by atoms with E-state index in [9.17, 15) is 14.3 Å². The third-order valence-corrected chi connectivity index (χ3v) is 2.52. The molecule has 1 heterocycles. The summed E-state index contributed by atoms with van der Waals surface area (Å²) in [4.78, 5) is 11.5. The molecule has 1 amide bonds. The van der Waals surface area contributed by atoms with E-state index < -0.39 is 17.3 Å². The molecule has 1 atom stereocenters. The molecule has 0 bridgehead atoms. The number of halogens is 1. The van der Waals surface area contributed by atoms with Crippen molar-refractivity contribution in [3.63, 3.8) is 0 Å². The minimum atomic E-state index is -1.81. The number of rotatable bonds is 2. The van der Waals surface area contributed by atoms with Gasteiger partial charge in [-0.15, -0.1) is 0 Å². The molecule has 0 aliphatic carbocycles. The number of aliphatic hydroxyl groups excluding tert-OH is 1. The van der Waals surface area contributed by atoms with Crippen molar-refractivity contribution in [1.29, 1.82) is 0 Å². The topological polar surface area (TPSA) is 69.6 Å². The molecule has 3 N–H and O–H groups in total. The van der Waals surface area contributed by atoms with Crippen LogP contribution in [0.3, 0.4) is 0 Å². The Morgan fingerprint density at radius 2 is 2.20 bits per heavy atom. The molecule has 0 fully saturated rings. The van der Waals surface area contributed by atoms with Crippen LogP contribution in [0, 0.1) is 5.82 Å². The Morgan fingerprint density at radius 3 is 2.87 bits per heavy atom. The van der Waals surface area contributed by atoms with Crippen LogP contribution in [0.1, 0.15) is 12.0 Å². The first-order chi connectivity index (χ1) is 7.08. The maximum Gasteiger partial charge on any atom is 0.261 e. The molecule has 1 aliphatic rings. The van der Waals surface area contributed by atoms with E-state index in [0.717, 1.165) is 6.07 Å². The molecule has 15 heavy (non-hydrogen) atoms. The summed E-state index contributed by atoms with van der Waals surface area (Å²) in [6.45, 7) is -0.347. The van der Waals surface area contributed by atoms with Crippen LogP contribution in [0.4, 0.5) is 10.1 Å². The van der Waals surface area contributed by atoms with Crippen molar-refractivity contribution in [1.82, 2.24) is 0 Å². The van der Waals surface area contributed by atoms with E-state index in [2.05, 4.69) is 5.32 Å². The van der Waals surface area contributed by atoms with Gasteiger partial charge in [-0.05, 0) is 18.2 Å². The lowest BCUT2D eigenvalue weighted by Crippen LogP contribution is -2.35. The monoisotopic (exact) mass is 211 g/mol. The summed E-state index contributed by atoms with van der Waals surface area (Å²) in [6.07, 6.45) is -0.144. The lowest BCUT2D eigenvalue weighted by atomic mass is 9.92. The molecular formula is C10H10FNO3. The molecule has 0 unspecified atom stereocenters. The smallest absolute Gasteiger partial charge is 0.261 e. The number of carbonyl (C=O) groups is 1. The van der Waals surface area contributed by atoms with E-state index in [-0.39, 0.29) is 18.6 Å².